The van der Waals surface area contributed by atoms with E-state index in [-0.39, 0.29) is 11.9 Å². The number of carbonyl (C=O) groups is 1. The summed E-state index contributed by atoms with van der Waals surface area (Å²) in [7, 11) is 1.66. The lowest BCUT2D eigenvalue weighted by molar-refractivity contribution is -0.122. The van der Waals surface area contributed by atoms with E-state index in [0.29, 0.717) is 19.8 Å². The van der Waals surface area contributed by atoms with Gasteiger partial charge in [0, 0.05) is 30.8 Å². The van der Waals surface area contributed by atoms with Crippen LogP contribution >= 0.6 is 0 Å². The van der Waals surface area contributed by atoms with Crippen molar-refractivity contribution in [3.63, 3.8) is 0 Å². The molecular weight excluding hydrogens is 416 g/mol. The Morgan fingerprint density at radius 3 is 2.18 bits per heavy atom. The average molecular weight is 445 g/mol. The quantitative estimate of drug-likeness (QED) is 0.620. The number of morpholine rings is 1. The fourth-order valence-corrected chi connectivity index (χ4v) is 4.66. The molecule has 0 aliphatic carbocycles. The van der Waals surface area contributed by atoms with Gasteiger partial charge in [-0.3, -0.25) is 9.69 Å². The Kier molecular flexibility index (Phi) is 6.28. The number of para-hydroxylation sites is 2. The molecule has 1 N–H and O–H groups in total. The minimum Gasteiger partial charge on any atom is -0.497 e. The Labute approximate surface area is 194 Å². The molecule has 0 radical (unpaired) electrons. The molecule has 2 aliphatic heterocycles. The Bertz CT molecular complexity index is 1060. The van der Waals surface area contributed by atoms with Crippen molar-refractivity contribution >= 4 is 5.91 Å². The van der Waals surface area contributed by atoms with Crippen molar-refractivity contribution in [2.45, 2.75) is 12.0 Å². The van der Waals surface area contributed by atoms with Crippen LogP contribution in [0.1, 0.15) is 28.7 Å². The van der Waals surface area contributed by atoms with Crippen LogP contribution in [0, 0.1) is 0 Å². The zero-order chi connectivity index (χ0) is 22.6. The van der Waals surface area contributed by atoms with Crippen LogP contribution in [-0.4, -0.2) is 50.8 Å². The molecule has 2 heterocycles. The molecule has 33 heavy (non-hydrogen) atoms. The van der Waals surface area contributed by atoms with E-state index in [1.807, 2.05) is 60.7 Å². The summed E-state index contributed by atoms with van der Waals surface area (Å²) in [6.45, 7) is 3.56. The fourth-order valence-electron chi connectivity index (χ4n) is 4.66. The Morgan fingerprint density at radius 1 is 0.970 bits per heavy atom. The normalized spacial score (nSPS) is 16.8. The van der Waals surface area contributed by atoms with E-state index in [1.165, 1.54) is 0 Å². The number of amides is 1. The van der Waals surface area contributed by atoms with Crippen molar-refractivity contribution < 1.29 is 19.0 Å². The topological polar surface area (TPSA) is 60.0 Å². The van der Waals surface area contributed by atoms with Gasteiger partial charge in [0.2, 0.25) is 5.91 Å². The SMILES string of the molecule is COc1ccc([C@@H](CNC(=O)C2c3ccccc3Oc3ccccc32)N2CCOCC2)cc1. The predicted octanol–water partition coefficient (Wildman–Crippen LogP) is 4.12. The highest BCUT2D eigenvalue weighted by Gasteiger charge is 2.33. The van der Waals surface area contributed by atoms with Crippen molar-refractivity contribution in [3.05, 3.63) is 89.5 Å². The maximum absolute atomic E-state index is 13.6. The highest BCUT2D eigenvalue weighted by molar-refractivity contribution is 5.89. The van der Waals surface area contributed by atoms with Gasteiger partial charge in [-0.25, -0.2) is 0 Å². The van der Waals surface area contributed by atoms with Crippen LogP contribution in [-0.2, 0) is 9.53 Å². The molecule has 3 aromatic carbocycles. The van der Waals surface area contributed by atoms with Crippen LogP contribution in [0.5, 0.6) is 17.2 Å². The van der Waals surface area contributed by atoms with Gasteiger partial charge in [-0.15, -0.1) is 0 Å². The third kappa shape index (κ3) is 4.45. The molecule has 0 spiro atoms. The molecule has 170 valence electrons. The van der Waals surface area contributed by atoms with E-state index in [1.54, 1.807) is 7.11 Å². The number of methoxy groups -OCH3 is 1. The van der Waals surface area contributed by atoms with E-state index in [9.17, 15) is 4.79 Å². The Morgan fingerprint density at radius 2 is 1.58 bits per heavy atom. The zero-order valence-corrected chi connectivity index (χ0v) is 18.7. The minimum atomic E-state index is -0.410. The van der Waals surface area contributed by atoms with Crippen molar-refractivity contribution in [1.82, 2.24) is 10.2 Å². The monoisotopic (exact) mass is 444 g/mol. The summed E-state index contributed by atoms with van der Waals surface area (Å²) >= 11 is 0. The van der Waals surface area contributed by atoms with Crippen molar-refractivity contribution in [3.8, 4) is 17.2 Å². The maximum atomic E-state index is 13.6. The first-order valence-electron chi connectivity index (χ1n) is 11.3. The average Bonchev–Trinajstić information content (AvgIpc) is 2.88. The second-order valence-electron chi connectivity index (χ2n) is 8.29. The summed E-state index contributed by atoms with van der Waals surface area (Å²) in [5.74, 6) is 1.85. The summed E-state index contributed by atoms with van der Waals surface area (Å²) in [4.78, 5) is 16.0. The van der Waals surface area contributed by atoms with Gasteiger partial charge < -0.3 is 19.5 Å². The van der Waals surface area contributed by atoms with Gasteiger partial charge in [0.25, 0.3) is 0 Å². The van der Waals surface area contributed by atoms with E-state index in [4.69, 9.17) is 14.2 Å². The van der Waals surface area contributed by atoms with Gasteiger partial charge in [-0.05, 0) is 29.8 Å². The van der Waals surface area contributed by atoms with Crippen LogP contribution in [0.3, 0.4) is 0 Å². The summed E-state index contributed by atoms with van der Waals surface area (Å²) in [6.07, 6.45) is 0. The minimum absolute atomic E-state index is 0.0232. The predicted molar refractivity (Wildman–Crippen MR) is 126 cm³/mol. The van der Waals surface area contributed by atoms with E-state index in [0.717, 1.165) is 47.0 Å². The van der Waals surface area contributed by atoms with Crippen LogP contribution in [0.2, 0.25) is 0 Å². The van der Waals surface area contributed by atoms with Crippen molar-refractivity contribution in [1.29, 1.82) is 0 Å². The first-order chi connectivity index (χ1) is 16.2. The van der Waals surface area contributed by atoms with Crippen LogP contribution in [0.25, 0.3) is 0 Å². The number of hydrogen-bond donors (Lipinski definition) is 1. The second kappa shape index (κ2) is 9.65. The molecule has 2 aliphatic rings. The van der Waals surface area contributed by atoms with Gasteiger partial charge in [0.15, 0.2) is 0 Å². The molecule has 6 nitrogen and oxygen atoms in total. The summed E-state index contributed by atoms with van der Waals surface area (Å²) in [6, 6.07) is 23.7. The van der Waals surface area contributed by atoms with E-state index >= 15 is 0 Å². The molecule has 1 saturated heterocycles. The lowest BCUT2D eigenvalue weighted by Crippen LogP contribution is -2.44. The molecule has 3 aromatic rings. The second-order valence-corrected chi connectivity index (χ2v) is 8.29. The highest BCUT2D eigenvalue weighted by atomic mass is 16.5. The van der Waals surface area contributed by atoms with Gasteiger partial charge in [-0.2, -0.15) is 0 Å². The lowest BCUT2D eigenvalue weighted by Gasteiger charge is -2.35. The number of nitrogens with zero attached hydrogens (tertiary/aromatic N) is 1. The number of benzene rings is 3. The Balaban J connectivity index is 1.40. The van der Waals surface area contributed by atoms with E-state index < -0.39 is 5.92 Å². The van der Waals surface area contributed by atoms with Crippen LogP contribution in [0.15, 0.2) is 72.8 Å². The third-order valence-electron chi connectivity index (χ3n) is 6.40. The molecule has 0 saturated carbocycles. The van der Waals surface area contributed by atoms with Gasteiger partial charge in [0.1, 0.15) is 17.2 Å². The highest BCUT2D eigenvalue weighted by Crippen LogP contribution is 2.44. The van der Waals surface area contributed by atoms with Crippen molar-refractivity contribution in [2.24, 2.45) is 0 Å². The summed E-state index contributed by atoms with van der Waals surface area (Å²) < 4.78 is 16.9. The number of carbonyl (C=O) groups excluding carboxylic acids is 1. The van der Waals surface area contributed by atoms with Gasteiger partial charge >= 0.3 is 0 Å². The van der Waals surface area contributed by atoms with Gasteiger partial charge in [-0.1, -0.05) is 48.5 Å². The largest absolute Gasteiger partial charge is 0.497 e. The smallest absolute Gasteiger partial charge is 0.232 e. The van der Waals surface area contributed by atoms with Gasteiger partial charge in [0.05, 0.1) is 32.3 Å². The number of nitrogens with one attached hydrogen (secondary N) is 1. The Hall–Kier alpha value is -3.35. The molecule has 0 unspecified atom stereocenters. The molecule has 5 rings (SSSR count). The summed E-state index contributed by atoms with van der Waals surface area (Å²) in [5.41, 5.74) is 2.92. The number of rotatable bonds is 6. The third-order valence-corrected chi connectivity index (χ3v) is 6.40. The molecule has 6 heteroatoms. The zero-order valence-electron chi connectivity index (χ0n) is 18.7. The molecule has 1 atom stereocenters. The van der Waals surface area contributed by atoms with Crippen molar-refractivity contribution in [2.75, 3.05) is 40.0 Å². The first kappa shape index (κ1) is 21.5. The molecular formula is C27H28N2O4. The molecule has 1 amide bonds. The summed E-state index contributed by atoms with van der Waals surface area (Å²) in [5, 5.41) is 3.25. The lowest BCUT2D eigenvalue weighted by atomic mass is 9.87. The van der Waals surface area contributed by atoms with E-state index in [2.05, 4.69) is 22.3 Å². The maximum Gasteiger partial charge on any atom is 0.232 e. The van der Waals surface area contributed by atoms with Crippen LogP contribution in [0.4, 0.5) is 0 Å². The number of hydrogen-bond acceptors (Lipinski definition) is 5. The molecule has 1 fully saturated rings. The number of fused-ring (bicyclic) bond motifs is 2. The fraction of sp³-hybridized carbons (Fsp3) is 0.296. The molecule has 0 bridgehead atoms. The first-order valence-corrected chi connectivity index (χ1v) is 11.3. The standard InChI is InChI=1S/C27H28N2O4/c1-31-20-12-10-19(11-13-20)23(29-14-16-32-17-15-29)18-28-27(30)26-21-6-2-4-8-24(21)33-25-9-5-3-7-22(25)26/h2-13,23,26H,14-18H2,1H3,(H,28,30)/t23-/m1/s1. The molecule has 0 aromatic heterocycles. The van der Waals surface area contributed by atoms with Crippen LogP contribution < -0.4 is 14.8 Å². The number of ether oxygens (including phenoxy) is 3.